The summed E-state index contributed by atoms with van der Waals surface area (Å²) in [6.45, 7) is 8.58. The Balaban J connectivity index is 1.91. The lowest BCUT2D eigenvalue weighted by Crippen LogP contribution is -2.11. The molecule has 1 aromatic heterocycles. The molecule has 16 heavy (non-hydrogen) atoms. The van der Waals surface area contributed by atoms with Crippen LogP contribution < -0.4 is 10.6 Å². The number of nitrogens with one attached hydrogen (secondary N) is 2. The lowest BCUT2D eigenvalue weighted by molar-refractivity contribution is 0.584. The average Bonchev–Trinajstić information content (AvgIpc) is 2.48. The van der Waals surface area contributed by atoms with Crippen molar-refractivity contribution in [2.75, 3.05) is 18.4 Å². The van der Waals surface area contributed by atoms with Crippen molar-refractivity contribution in [2.45, 2.75) is 39.8 Å². The zero-order chi connectivity index (χ0) is 11.4. The maximum atomic E-state index is 4.57. The molecule has 1 aromatic rings. The smallest absolute Gasteiger partial charge is 0.148 e. The fraction of sp³-hybridized carbons (Fsp3) is 0.750. The molecule has 0 saturated carbocycles. The van der Waals surface area contributed by atoms with Crippen molar-refractivity contribution in [3.05, 3.63) is 11.8 Å². The number of anilines is 1. The molecule has 1 aliphatic heterocycles. The van der Waals surface area contributed by atoms with Gasteiger partial charge in [-0.25, -0.2) is 0 Å². The van der Waals surface area contributed by atoms with Crippen molar-refractivity contribution >= 4 is 5.82 Å². The normalized spacial score (nSPS) is 15.9. The Bertz CT molecular complexity index is 306. The Morgan fingerprint density at radius 2 is 2.44 bits per heavy atom. The molecule has 0 amide bonds. The van der Waals surface area contributed by atoms with Gasteiger partial charge < -0.3 is 10.6 Å². The largest absolute Gasteiger partial charge is 0.369 e. The predicted molar refractivity (Wildman–Crippen MR) is 66.5 cm³/mol. The van der Waals surface area contributed by atoms with Gasteiger partial charge in [-0.2, -0.15) is 5.10 Å². The summed E-state index contributed by atoms with van der Waals surface area (Å²) in [5.74, 6) is 1.77. The van der Waals surface area contributed by atoms with Gasteiger partial charge in [-0.05, 0) is 25.3 Å². The Morgan fingerprint density at radius 3 is 3.25 bits per heavy atom. The first-order chi connectivity index (χ1) is 7.75. The molecule has 4 nitrogen and oxygen atoms in total. The molecule has 0 aromatic carbocycles. The van der Waals surface area contributed by atoms with Crippen molar-refractivity contribution in [3.8, 4) is 0 Å². The van der Waals surface area contributed by atoms with E-state index in [9.17, 15) is 0 Å². The third-order valence-corrected chi connectivity index (χ3v) is 2.92. The van der Waals surface area contributed by atoms with Crippen LogP contribution in [0.25, 0.3) is 0 Å². The summed E-state index contributed by atoms with van der Waals surface area (Å²) in [6, 6.07) is 2.17. The van der Waals surface area contributed by atoms with Gasteiger partial charge in [0.2, 0.25) is 0 Å². The van der Waals surface area contributed by atoms with E-state index in [1.165, 1.54) is 18.5 Å². The van der Waals surface area contributed by atoms with Crippen LogP contribution in [0.15, 0.2) is 6.07 Å². The summed E-state index contributed by atoms with van der Waals surface area (Å²) in [7, 11) is 0. The van der Waals surface area contributed by atoms with E-state index in [2.05, 4.69) is 40.3 Å². The van der Waals surface area contributed by atoms with Crippen LogP contribution in [0.2, 0.25) is 0 Å². The Labute approximate surface area is 97.4 Å². The second-order valence-corrected chi connectivity index (χ2v) is 4.88. The lowest BCUT2D eigenvalue weighted by Gasteiger charge is -2.05. The highest BCUT2D eigenvalue weighted by Crippen LogP contribution is 2.12. The topological polar surface area (TPSA) is 41.9 Å². The van der Waals surface area contributed by atoms with Gasteiger partial charge in [0.1, 0.15) is 5.82 Å². The molecule has 2 rings (SSSR count). The number of aryl methyl sites for hydroxylation is 1. The molecule has 2 N–H and O–H groups in total. The highest BCUT2D eigenvalue weighted by atomic mass is 15.3. The highest BCUT2D eigenvalue weighted by molar-refractivity contribution is 5.36. The van der Waals surface area contributed by atoms with Gasteiger partial charge in [0.05, 0.1) is 5.69 Å². The van der Waals surface area contributed by atoms with Crippen LogP contribution in [0.5, 0.6) is 0 Å². The summed E-state index contributed by atoms with van der Waals surface area (Å²) in [5.41, 5.74) is 1.30. The second-order valence-electron chi connectivity index (χ2n) is 4.88. The van der Waals surface area contributed by atoms with Crippen molar-refractivity contribution in [3.63, 3.8) is 0 Å². The number of aromatic nitrogens is 2. The van der Waals surface area contributed by atoms with Crippen LogP contribution in [0.4, 0.5) is 5.82 Å². The molecule has 1 aliphatic rings. The summed E-state index contributed by atoms with van der Waals surface area (Å²) >= 11 is 0. The maximum absolute atomic E-state index is 4.57. The van der Waals surface area contributed by atoms with E-state index in [-0.39, 0.29) is 0 Å². The fourth-order valence-corrected chi connectivity index (χ4v) is 1.94. The quantitative estimate of drug-likeness (QED) is 0.816. The summed E-state index contributed by atoms with van der Waals surface area (Å²) in [6.07, 6.45) is 2.36. The zero-order valence-electron chi connectivity index (χ0n) is 10.3. The van der Waals surface area contributed by atoms with E-state index < -0.39 is 0 Å². The standard InChI is InChI=1S/C12H22N4/c1-10(2)4-6-14-12-8-11-9-13-5-3-7-16(11)15-12/h8,10,13H,3-7,9H2,1-2H3,(H,14,15). The first kappa shape index (κ1) is 11.5. The van der Waals surface area contributed by atoms with Gasteiger partial charge in [-0.1, -0.05) is 13.8 Å². The minimum absolute atomic E-state index is 0.745. The Kier molecular flexibility index (Phi) is 3.83. The Hall–Kier alpha value is -1.03. The van der Waals surface area contributed by atoms with E-state index in [0.717, 1.165) is 37.9 Å². The van der Waals surface area contributed by atoms with Crippen LogP contribution in [-0.2, 0) is 13.1 Å². The van der Waals surface area contributed by atoms with Gasteiger partial charge in [0.25, 0.3) is 0 Å². The molecule has 0 bridgehead atoms. The van der Waals surface area contributed by atoms with E-state index in [1.54, 1.807) is 0 Å². The molecule has 90 valence electrons. The van der Waals surface area contributed by atoms with Crippen LogP contribution in [0.3, 0.4) is 0 Å². The van der Waals surface area contributed by atoms with E-state index >= 15 is 0 Å². The molecule has 0 aliphatic carbocycles. The van der Waals surface area contributed by atoms with Gasteiger partial charge in [0.15, 0.2) is 0 Å². The minimum Gasteiger partial charge on any atom is -0.369 e. The first-order valence-corrected chi connectivity index (χ1v) is 6.27. The average molecular weight is 222 g/mol. The number of nitrogens with zero attached hydrogens (tertiary/aromatic N) is 2. The molecule has 0 spiro atoms. The molecule has 0 radical (unpaired) electrons. The molecular formula is C12H22N4. The third kappa shape index (κ3) is 2.98. The number of fused-ring (bicyclic) bond motifs is 1. The van der Waals surface area contributed by atoms with Crippen molar-refractivity contribution in [1.29, 1.82) is 0 Å². The van der Waals surface area contributed by atoms with E-state index in [0.29, 0.717) is 0 Å². The Morgan fingerprint density at radius 1 is 1.56 bits per heavy atom. The van der Waals surface area contributed by atoms with Crippen LogP contribution in [0.1, 0.15) is 32.4 Å². The number of rotatable bonds is 4. The van der Waals surface area contributed by atoms with Gasteiger partial charge in [-0.15, -0.1) is 0 Å². The summed E-state index contributed by atoms with van der Waals surface area (Å²) < 4.78 is 2.12. The molecule has 0 atom stereocenters. The van der Waals surface area contributed by atoms with Crippen LogP contribution >= 0.6 is 0 Å². The lowest BCUT2D eigenvalue weighted by atomic mass is 10.1. The fourth-order valence-electron chi connectivity index (χ4n) is 1.94. The molecule has 0 unspecified atom stereocenters. The molecule has 4 heteroatoms. The zero-order valence-corrected chi connectivity index (χ0v) is 10.3. The van der Waals surface area contributed by atoms with E-state index in [4.69, 9.17) is 0 Å². The minimum atomic E-state index is 0.745. The molecule has 0 saturated heterocycles. The van der Waals surface area contributed by atoms with Gasteiger partial charge in [0, 0.05) is 25.7 Å². The number of hydrogen-bond acceptors (Lipinski definition) is 3. The number of hydrogen-bond donors (Lipinski definition) is 2. The molecular weight excluding hydrogens is 200 g/mol. The van der Waals surface area contributed by atoms with Crippen molar-refractivity contribution in [2.24, 2.45) is 5.92 Å². The van der Waals surface area contributed by atoms with Crippen LogP contribution in [-0.4, -0.2) is 22.9 Å². The van der Waals surface area contributed by atoms with E-state index in [1.807, 2.05) is 0 Å². The highest BCUT2D eigenvalue weighted by Gasteiger charge is 2.10. The maximum Gasteiger partial charge on any atom is 0.148 e. The van der Waals surface area contributed by atoms with Crippen molar-refractivity contribution < 1.29 is 0 Å². The van der Waals surface area contributed by atoms with Gasteiger partial charge in [-0.3, -0.25) is 4.68 Å². The van der Waals surface area contributed by atoms with Crippen molar-refractivity contribution in [1.82, 2.24) is 15.1 Å². The summed E-state index contributed by atoms with van der Waals surface area (Å²) in [4.78, 5) is 0. The third-order valence-electron chi connectivity index (χ3n) is 2.92. The summed E-state index contributed by atoms with van der Waals surface area (Å²) in [5, 5.41) is 11.4. The predicted octanol–water partition coefficient (Wildman–Crippen LogP) is 1.83. The molecule has 2 heterocycles. The first-order valence-electron chi connectivity index (χ1n) is 6.27. The molecule has 0 fully saturated rings. The monoisotopic (exact) mass is 222 g/mol. The van der Waals surface area contributed by atoms with Gasteiger partial charge >= 0.3 is 0 Å². The second kappa shape index (κ2) is 5.34. The SMILES string of the molecule is CC(C)CCNc1cc2n(n1)CCCNC2. The van der Waals surface area contributed by atoms with Crippen LogP contribution in [0, 0.1) is 5.92 Å².